The van der Waals surface area contributed by atoms with Gasteiger partial charge in [0.15, 0.2) is 0 Å². The molecule has 3 rings (SSSR count). The topological polar surface area (TPSA) is 20.3 Å². The number of nitrogens with zero attached hydrogens (tertiary/aromatic N) is 1. The lowest BCUT2D eigenvalue weighted by molar-refractivity contribution is -0.132. The summed E-state index contributed by atoms with van der Waals surface area (Å²) in [6.07, 6.45) is 2.70. The van der Waals surface area contributed by atoms with Crippen LogP contribution in [0.3, 0.4) is 0 Å². The quantitative estimate of drug-likeness (QED) is 0.788. The first-order valence-corrected chi connectivity index (χ1v) is 8.11. The molecule has 110 valence electrons. The van der Waals surface area contributed by atoms with E-state index in [1.807, 2.05) is 17.0 Å². The summed E-state index contributed by atoms with van der Waals surface area (Å²) in [6, 6.07) is 14.5. The van der Waals surface area contributed by atoms with Crippen LogP contribution in [0, 0.1) is 5.92 Å². The van der Waals surface area contributed by atoms with E-state index in [-0.39, 0.29) is 5.91 Å². The highest BCUT2D eigenvalue weighted by atomic mass is 35.5. The zero-order valence-electron chi connectivity index (χ0n) is 12.1. The van der Waals surface area contributed by atoms with Gasteiger partial charge in [-0.15, -0.1) is 11.6 Å². The molecule has 0 bridgehead atoms. The molecule has 1 aliphatic heterocycles. The van der Waals surface area contributed by atoms with Gasteiger partial charge < -0.3 is 4.90 Å². The van der Waals surface area contributed by atoms with E-state index in [1.165, 1.54) is 10.8 Å². The molecule has 1 aliphatic rings. The van der Waals surface area contributed by atoms with E-state index in [0.717, 1.165) is 31.5 Å². The SMILES string of the molecule is O=C(Cc1ccc2ccccc2c1)N1CCCC(CCl)C1. The summed E-state index contributed by atoms with van der Waals surface area (Å²) in [5.74, 6) is 1.33. The van der Waals surface area contributed by atoms with Crippen molar-refractivity contribution < 1.29 is 4.79 Å². The fourth-order valence-electron chi connectivity index (χ4n) is 3.05. The lowest BCUT2D eigenvalue weighted by atomic mass is 9.99. The van der Waals surface area contributed by atoms with Gasteiger partial charge in [-0.2, -0.15) is 0 Å². The van der Waals surface area contributed by atoms with E-state index in [0.29, 0.717) is 18.2 Å². The van der Waals surface area contributed by atoms with Gasteiger partial charge in [-0.1, -0.05) is 42.5 Å². The van der Waals surface area contributed by atoms with Crippen molar-refractivity contribution in [3.8, 4) is 0 Å². The van der Waals surface area contributed by atoms with Gasteiger partial charge in [0.05, 0.1) is 6.42 Å². The summed E-state index contributed by atoms with van der Waals surface area (Å²) < 4.78 is 0. The zero-order chi connectivity index (χ0) is 14.7. The largest absolute Gasteiger partial charge is 0.342 e. The Morgan fingerprint density at radius 3 is 2.81 bits per heavy atom. The van der Waals surface area contributed by atoms with Gasteiger partial charge in [0, 0.05) is 19.0 Å². The highest BCUT2D eigenvalue weighted by Crippen LogP contribution is 2.20. The molecule has 1 heterocycles. The number of amides is 1. The summed E-state index contributed by atoms with van der Waals surface area (Å²) in [4.78, 5) is 14.4. The smallest absolute Gasteiger partial charge is 0.226 e. The number of alkyl halides is 1. The molecule has 1 amide bonds. The van der Waals surface area contributed by atoms with E-state index in [2.05, 4.69) is 30.3 Å². The van der Waals surface area contributed by atoms with Crippen molar-refractivity contribution in [2.24, 2.45) is 5.92 Å². The van der Waals surface area contributed by atoms with Gasteiger partial charge in [0.25, 0.3) is 0 Å². The van der Waals surface area contributed by atoms with Crippen molar-refractivity contribution in [1.82, 2.24) is 4.90 Å². The summed E-state index contributed by atoms with van der Waals surface area (Å²) in [5, 5.41) is 2.41. The Bertz CT molecular complexity index is 640. The van der Waals surface area contributed by atoms with Crippen molar-refractivity contribution in [2.45, 2.75) is 19.3 Å². The maximum atomic E-state index is 12.4. The number of benzene rings is 2. The molecule has 21 heavy (non-hydrogen) atoms. The third-order valence-corrected chi connectivity index (χ3v) is 4.70. The molecule has 0 saturated carbocycles. The fourth-order valence-corrected chi connectivity index (χ4v) is 3.30. The molecule has 2 nitrogen and oxygen atoms in total. The van der Waals surface area contributed by atoms with Crippen LogP contribution in [0.4, 0.5) is 0 Å². The van der Waals surface area contributed by atoms with Crippen LogP contribution in [0.25, 0.3) is 10.8 Å². The number of rotatable bonds is 3. The van der Waals surface area contributed by atoms with Gasteiger partial charge in [-0.25, -0.2) is 0 Å². The van der Waals surface area contributed by atoms with Gasteiger partial charge in [-0.3, -0.25) is 4.79 Å². The average Bonchev–Trinajstić information content (AvgIpc) is 2.54. The van der Waals surface area contributed by atoms with Crippen LogP contribution < -0.4 is 0 Å². The van der Waals surface area contributed by atoms with Crippen LogP contribution in [-0.4, -0.2) is 29.8 Å². The number of carbonyl (C=O) groups is 1. The number of likely N-dealkylation sites (tertiary alicyclic amines) is 1. The summed E-state index contributed by atoms with van der Waals surface area (Å²) in [6.45, 7) is 1.69. The number of carbonyl (C=O) groups excluding carboxylic acids is 1. The van der Waals surface area contributed by atoms with Gasteiger partial charge >= 0.3 is 0 Å². The number of piperidine rings is 1. The van der Waals surface area contributed by atoms with Gasteiger partial charge in [0.1, 0.15) is 0 Å². The predicted octanol–water partition coefficient (Wildman–Crippen LogP) is 3.86. The van der Waals surface area contributed by atoms with E-state index >= 15 is 0 Å². The monoisotopic (exact) mass is 301 g/mol. The van der Waals surface area contributed by atoms with Crippen molar-refractivity contribution >= 4 is 28.3 Å². The number of fused-ring (bicyclic) bond motifs is 1. The minimum Gasteiger partial charge on any atom is -0.342 e. The molecule has 0 N–H and O–H groups in total. The van der Waals surface area contributed by atoms with Crippen LogP contribution in [0.5, 0.6) is 0 Å². The maximum Gasteiger partial charge on any atom is 0.226 e. The molecule has 2 aromatic carbocycles. The van der Waals surface area contributed by atoms with E-state index in [1.54, 1.807) is 0 Å². The minimum atomic E-state index is 0.222. The molecule has 1 fully saturated rings. The number of halogens is 1. The van der Waals surface area contributed by atoms with Crippen LogP contribution in [0.15, 0.2) is 42.5 Å². The first-order valence-electron chi connectivity index (χ1n) is 7.57. The Morgan fingerprint density at radius 1 is 1.19 bits per heavy atom. The van der Waals surface area contributed by atoms with E-state index in [9.17, 15) is 4.79 Å². The summed E-state index contributed by atoms with van der Waals surface area (Å²) in [5.41, 5.74) is 1.09. The Balaban J connectivity index is 1.70. The Morgan fingerprint density at radius 2 is 2.00 bits per heavy atom. The van der Waals surface area contributed by atoms with E-state index < -0.39 is 0 Å². The second kappa shape index (κ2) is 6.48. The summed E-state index contributed by atoms with van der Waals surface area (Å²) >= 11 is 5.94. The van der Waals surface area contributed by atoms with Gasteiger partial charge in [-0.05, 0) is 35.1 Å². The molecule has 0 aromatic heterocycles. The normalized spacial score (nSPS) is 18.9. The Kier molecular flexibility index (Phi) is 4.45. The fraction of sp³-hybridized carbons (Fsp3) is 0.389. The molecule has 0 spiro atoms. The molecular formula is C18H20ClNO. The second-order valence-electron chi connectivity index (χ2n) is 5.86. The number of hydrogen-bond donors (Lipinski definition) is 0. The first kappa shape index (κ1) is 14.4. The lowest BCUT2D eigenvalue weighted by Crippen LogP contribution is -2.41. The standard InChI is InChI=1S/C18H20ClNO/c19-12-15-4-3-9-20(13-15)18(21)11-14-7-8-16-5-1-2-6-17(16)10-14/h1-2,5-8,10,15H,3-4,9,11-13H2. The summed E-state index contributed by atoms with van der Waals surface area (Å²) in [7, 11) is 0. The number of hydrogen-bond acceptors (Lipinski definition) is 1. The molecule has 1 unspecified atom stereocenters. The van der Waals surface area contributed by atoms with E-state index in [4.69, 9.17) is 11.6 Å². The van der Waals surface area contributed by atoms with Gasteiger partial charge in [0.2, 0.25) is 5.91 Å². The third-order valence-electron chi connectivity index (χ3n) is 4.26. The predicted molar refractivity (Wildman–Crippen MR) is 87.7 cm³/mol. The molecular weight excluding hydrogens is 282 g/mol. The molecule has 0 radical (unpaired) electrons. The van der Waals surface area contributed by atoms with Crippen molar-refractivity contribution in [3.63, 3.8) is 0 Å². The second-order valence-corrected chi connectivity index (χ2v) is 6.17. The van der Waals surface area contributed by atoms with Crippen molar-refractivity contribution in [3.05, 3.63) is 48.0 Å². The molecule has 3 heteroatoms. The highest BCUT2D eigenvalue weighted by Gasteiger charge is 2.22. The van der Waals surface area contributed by atoms with Crippen LogP contribution in [0.2, 0.25) is 0 Å². The highest BCUT2D eigenvalue weighted by molar-refractivity contribution is 6.18. The van der Waals surface area contributed by atoms with Crippen LogP contribution >= 0.6 is 11.6 Å². The molecule has 1 atom stereocenters. The maximum absolute atomic E-state index is 12.4. The van der Waals surface area contributed by atoms with Crippen LogP contribution in [-0.2, 0) is 11.2 Å². The molecule has 2 aromatic rings. The Hall–Kier alpha value is -1.54. The molecule has 1 saturated heterocycles. The van der Waals surface area contributed by atoms with Crippen molar-refractivity contribution in [2.75, 3.05) is 19.0 Å². The minimum absolute atomic E-state index is 0.222. The molecule has 0 aliphatic carbocycles. The van der Waals surface area contributed by atoms with Crippen molar-refractivity contribution in [1.29, 1.82) is 0 Å². The average molecular weight is 302 g/mol. The third kappa shape index (κ3) is 3.38. The zero-order valence-corrected chi connectivity index (χ0v) is 12.9. The lowest BCUT2D eigenvalue weighted by Gasteiger charge is -2.32. The first-order chi connectivity index (χ1) is 10.3. The Labute approximate surface area is 130 Å². The van der Waals surface area contributed by atoms with Crippen LogP contribution in [0.1, 0.15) is 18.4 Å².